The number of methoxy groups -OCH3 is 1. The maximum absolute atomic E-state index is 11.9. The van der Waals surface area contributed by atoms with Gasteiger partial charge in [0.05, 0.1) is 6.10 Å². The van der Waals surface area contributed by atoms with Crippen LogP contribution in [0, 0.1) is 11.8 Å². The molecule has 0 spiro atoms. The Labute approximate surface area is 122 Å². The quantitative estimate of drug-likeness (QED) is 0.721. The number of rotatable bonds is 2. The average molecular weight is 284 g/mol. The van der Waals surface area contributed by atoms with Crippen molar-refractivity contribution in [1.82, 2.24) is 0 Å². The van der Waals surface area contributed by atoms with E-state index in [4.69, 9.17) is 14.2 Å². The van der Waals surface area contributed by atoms with Gasteiger partial charge in [-0.2, -0.15) is 0 Å². The SMILES string of the molecule is COC1CCC(OC(=O)OC(C)(C)C)C2CCCCC12. The van der Waals surface area contributed by atoms with Gasteiger partial charge in [-0.1, -0.05) is 12.8 Å². The standard InChI is InChI=1S/C16H28O4/c1-16(2,3)20-15(17)19-14-10-9-13(18-4)11-7-5-6-8-12(11)14/h11-14H,5-10H2,1-4H3. The molecule has 0 aromatic heterocycles. The van der Waals surface area contributed by atoms with Gasteiger partial charge in [-0.25, -0.2) is 4.79 Å². The molecule has 4 heteroatoms. The van der Waals surface area contributed by atoms with Crippen LogP contribution in [0.25, 0.3) is 0 Å². The second-order valence-electron chi connectivity index (χ2n) is 7.08. The second-order valence-corrected chi connectivity index (χ2v) is 7.08. The van der Waals surface area contributed by atoms with Crippen molar-refractivity contribution in [1.29, 1.82) is 0 Å². The van der Waals surface area contributed by atoms with Crippen molar-refractivity contribution in [3.05, 3.63) is 0 Å². The number of hydrogen-bond acceptors (Lipinski definition) is 4. The summed E-state index contributed by atoms with van der Waals surface area (Å²) in [5.74, 6) is 0.977. The minimum absolute atomic E-state index is 0.00144. The molecule has 0 N–H and O–H groups in total. The Morgan fingerprint density at radius 3 is 2.05 bits per heavy atom. The molecule has 0 bridgehead atoms. The van der Waals surface area contributed by atoms with E-state index in [0.29, 0.717) is 17.9 Å². The largest absolute Gasteiger partial charge is 0.509 e. The van der Waals surface area contributed by atoms with E-state index in [9.17, 15) is 4.79 Å². The number of hydrogen-bond donors (Lipinski definition) is 0. The Hall–Kier alpha value is -0.770. The number of carbonyl (C=O) groups excluding carboxylic acids is 1. The lowest BCUT2D eigenvalue weighted by molar-refractivity contribution is -0.102. The lowest BCUT2D eigenvalue weighted by Crippen LogP contribution is -2.45. The molecule has 0 aromatic carbocycles. The van der Waals surface area contributed by atoms with Crippen molar-refractivity contribution in [2.75, 3.05) is 7.11 Å². The van der Waals surface area contributed by atoms with Crippen LogP contribution in [-0.2, 0) is 14.2 Å². The molecule has 4 atom stereocenters. The molecule has 2 saturated carbocycles. The predicted octanol–water partition coefficient (Wildman–Crippen LogP) is 3.92. The van der Waals surface area contributed by atoms with Crippen molar-refractivity contribution >= 4 is 6.16 Å². The first-order valence-corrected chi connectivity index (χ1v) is 7.83. The predicted molar refractivity (Wildman–Crippen MR) is 76.6 cm³/mol. The zero-order valence-corrected chi connectivity index (χ0v) is 13.2. The van der Waals surface area contributed by atoms with E-state index in [-0.39, 0.29) is 6.10 Å². The summed E-state index contributed by atoms with van der Waals surface area (Å²) in [6.07, 6.45) is 6.49. The van der Waals surface area contributed by atoms with Gasteiger partial charge >= 0.3 is 6.16 Å². The first-order chi connectivity index (χ1) is 9.40. The van der Waals surface area contributed by atoms with Crippen LogP contribution in [0.5, 0.6) is 0 Å². The lowest BCUT2D eigenvalue weighted by atomic mass is 9.68. The van der Waals surface area contributed by atoms with Crippen LogP contribution in [0.4, 0.5) is 4.79 Å². The summed E-state index contributed by atoms with van der Waals surface area (Å²) in [6, 6.07) is 0. The summed E-state index contributed by atoms with van der Waals surface area (Å²) in [6.45, 7) is 5.58. The minimum Gasteiger partial charge on any atom is -0.431 e. The van der Waals surface area contributed by atoms with Crippen molar-refractivity contribution in [2.24, 2.45) is 11.8 Å². The third-order valence-electron chi connectivity index (χ3n) is 4.51. The Balaban J connectivity index is 1.96. The highest BCUT2D eigenvalue weighted by Crippen LogP contribution is 2.43. The van der Waals surface area contributed by atoms with Crippen LogP contribution in [-0.4, -0.2) is 31.1 Å². The lowest BCUT2D eigenvalue weighted by Gasteiger charge is -2.44. The fourth-order valence-corrected chi connectivity index (χ4v) is 3.70. The molecule has 116 valence electrons. The molecule has 4 nitrogen and oxygen atoms in total. The van der Waals surface area contributed by atoms with Crippen molar-refractivity contribution in [2.45, 2.75) is 77.1 Å². The van der Waals surface area contributed by atoms with Crippen LogP contribution in [0.1, 0.15) is 59.3 Å². The molecule has 0 aromatic rings. The van der Waals surface area contributed by atoms with Gasteiger partial charge in [0.1, 0.15) is 11.7 Å². The third-order valence-corrected chi connectivity index (χ3v) is 4.51. The van der Waals surface area contributed by atoms with E-state index < -0.39 is 11.8 Å². The molecular weight excluding hydrogens is 256 g/mol. The maximum Gasteiger partial charge on any atom is 0.509 e. The van der Waals surface area contributed by atoms with E-state index in [1.54, 1.807) is 7.11 Å². The average Bonchev–Trinajstić information content (AvgIpc) is 2.37. The Kier molecular flexibility index (Phi) is 4.95. The topological polar surface area (TPSA) is 44.8 Å². The van der Waals surface area contributed by atoms with Crippen LogP contribution in [0.15, 0.2) is 0 Å². The van der Waals surface area contributed by atoms with Crippen molar-refractivity contribution < 1.29 is 19.0 Å². The third kappa shape index (κ3) is 3.87. The second kappa shape index (κ2) is 6.33. The first kappa shape index (κ1) is 15.6. The zero-order valence-electron chi connectivity index (χ0n) is 13.2. The van der Waals surface area contributed by atoms with E-state index in [0.717, 1.165) is 19.3 Å². The summed E-state index contributed by atoms with van der Waals surface area (Å²) >= 11 is 0. The van der Waals surface area contributed by atoms with Gasteiger partial charge in [0.25, 0.3) is 0 Å². The smallest absolute Gasteiger partial charge is 0.431 e. The van der Waals surface area contributed by atoms with Crippen molar-refractivity contribution in [3.63, 3.8) is 0 Å². The Bertz CT molecular complexity index is 334. The van der Waals surface area contributed by atoms with Crippen LogP contribution in [0.3, 0.4) is 0 Å². The van der Waals surface area contributed by atoms with Crippen LogP contribution >= 0.6 is 0 Å². The molecule has 2 fully saturated rings. The molecular formula is C16H28O4. The van der Waals surface area contributed by atoms with Gasteiger partial charge in [-0.05, 0) is 52.4 Å². The number of ether oxygens (including phenoxy) is 3. The monoisotopic (exact) mass is 284 g/mol. The molecule has 2 aliphatic rings. The highest BCUT2D eigenvalue weighted by molar-refractivity contribution is 5.60. The van der Waals surface area contributed by atoms with Crippen LogP contribution < -0.4 is 0 Å². The fourth-order valence-electron chi connectivity index (χ4n) is 3.70. The fraction of sp³-hybridized carbons (Fsp3) is 0.938. The summed E-state index contributed by atoms with van der Waals surface area (Å²) < 4.78 is 16.5. The highest BCUT2D eigenvalue weighted by atomic mass is 16.7. The van der Waals surface area contributed by atoms with Gasteiger partial charge < -0.3 is 14.2 Å². The number of carbonyl (C=O) groups is 1. The molecule has 4 unspecified atom stereocenters. The van der Waals surface area contributed by atoms with Crippen molar-refractivity contribution in [3.8, 4) is 0 Å². The van der Waals surface area contributed by atoms with Gasteiger partial charge in [-0.15, -0.1) is 0 Å². The zero-order chi connectivity index (χ0) is 14.8. The van der Waals surface area contributed by atoms with E-state index in [1.807, 2.05) is 20.8 Å². The summed E-state index contributed by atoms with van der Waals surface area (Å²) in [4.78, 5) is 11.9. The number of fused-ring (bicyclic) bond motifs is 1. The summed E-state index contributed by atoms with van der Waals surface area (Å²) in [7, 11) is 1.80. The summed E-state index contributed by atoms with van der Waals surface area (Å²) in [5.41, 5.74) is -0.493. The Morgan fingerprint density at radius 1 is 0.950 bits per heavy atom. The van der Waals surface area contributed by atoms with Gasteiger partial charge in [-0.3, -0.25) is 0 Å². The maximum atomic E-state index is 11.9. The molecule has 0 amide bonds. The molecule has 20 heavy (non-hydrogen) atoms. The van der Waals surface area contributed by atoms with E-state index in [2.05, 4.69) is 0 Å². The van der Waals surface area contributed by atoms with E-state index in [1.165, 1.54) is 19.3 Å². The molecule has 0 heterocycles. The molecule has 0 saturated heterocycles. The normalized spacial score (nSPS) is 34.2. The summed E-state index contributed by atoms with van der Waals surface area (Å²) in [5, 5.41) is 0. The van der Waals surface area contributed by atoms with E-state index >= 15 is 0 Å². The van der Waals surface area contributed by atoms with Gasteiger partial charge in [0.15, 0.2) is 0 Å². The Morgan fingerprint density at radius 2 is 1.50 bits per heavy atom. The highest BCUT2D eigenvalue weighted by Gasteiger charge is 2.42. The van der Waals surface area contributed by atoms with Crippen LogP contribution in [0.2, 0.25) is 0 Å². The molecule has 2 rings (SSSR count). The minimum atomic E-state index is -0.525. The van der Waals surface area contributed by atoms with Gasteiger partial charge in [0.2, 0.25) is 0 Å². The molecule has 2 aliphatic carbocycles. The molecule has 0 radical (unpaired) electrons. The molecule has 0 aliphatic heterocycles. The van der Waals surface area contributed by atoms with Gasteiger partial charge in [0, 0.05) is 13.0 Å². The first-order valence-electron chi connectivity index (χ1n) is 7.83.